The summed E-state index contributed by atoms with van der Waals surface area (Å²) >= 11 is 0. The van der Waals surface area contributed by atoms with E-state index in [9.17, 15) is 4.79 Å². The molecule has 1 amide bonds. The number of likely N-dealkylation sites (tertiary alicyclic amines) is 1. The second-order valence-corrected chi connectivity index (χ2v) is 14.5. The van der Waals surface area contributed by atoms with E-state index in [2.05, 4.69) is 51.9 Å². The van der Waals surface area contributed by atoms with Crippen molar-refractivity contribution in [3.63, 3.8) is 0 Å². The molecular formula is C37H46N4O7. The van der Waals surface area contributed by atoms with Crippen molar-refractivity contribution in [2.75, 3.05) is 52.7 Å². The van der Waals surface area contributed by atoms with Crippen LogP contribution < -0.4 is 4.74 Å². The summed E-state index contributed by atoms with van der Waals surface area (Å²) in [6.07, 6.45) is 8.19. The molecule has 11 nitrogen and oxygen atoms in total. The molecule has 3 aromatic heterocycles. The molecule has 256 valence electrons. The topological polar surface area (TPSA) is 106 Å². The van der Waals surface area contributed by atoms with Crippen LogP contribution in [0.3, 0.4) is 0 Å². The Morgan fingerprint density at radius 2 is 1.73 bits per heavy atom. The van der Waals surface area contributed by atoms with Crippen molar-refractivity contribution in [3.8, 4) is 17.0 Å². The van der Waals surface area contributed by atoms with Gasteiger partial charge < -0.3 is 37.9 Å². The van der Waals surface area contributed by atoms with Crippen LogP contribution in [0.15, 0.2) is 55.0 Å². The molecule has 11 heteroatoms. The first kappa shape index (κ1) is 32.8. The zero-order valence-corrected chi connectivity index (χ0v) is 28.4. The van der Waals surface area contributed by atoms with E-state index in [-0.39, 0.29) is 29.8 Å². The number of hydrogen-bond donors (Lipinski definition) is 0. The van der Waals surface area contributed by atoms with E-state index in [0.717, 1.165) is 35.8 Å². The first-order chi connectivity index (χ1) is 23.1. The number of pyridine rings is 2. The van der Waals surface area contributed by atoms with Gasteiger partial charge in [0.1, 0.15) is 11.7 Å². The zero-order chi connectivity index (χ0) is 33.3. The number of benzene rings is 1. The van der Waals surface area contributed by atoms with Gasteiger partial charge in [-0.25, -0.2) is 9.78 Å². The number of hydrogen-bond acceptors (Lipinski definition) is 9. The van der Waals surface area contributed by atoms with Crippen molar-refractivity contribution < 1.29 is 33.2 Å². The summed E-state index contributed by atoms with van der Waals surface area (Å²) in [5.74, 6) is 0.637. The molecule has 2 saturated heterocycles. The first-order valence-electron chi connectivity index (χ1n) is 17.0. The lowest BCUT2D eigenvalue weighted by molar-refractivity contribution is -0.197. The second kappa shape index (κ2) is 13.6. The van der Waals surface area contributed by atoms with E-state index in [4.69, 9.17) is 28.4 Å². The van der Waals surface area contributed by atoms with Crippen LogP contribution in [0.2, 0.25) is 0 Å². The number of carbonyl (C=O) groups excluding carboxylic acids is 1. The Hall–Kier alpha value is -3.77. The highest BCUT2D eigenvalue weighted by Crippen LogP contribution is 2.34. The SMILES string of the molecule is Cn1c2ccncc2c2ccc(-c3ccc(O[C@H]4C[C@H](OCC5(COCCCOC6CN(C(=O)OC(C)(C)C)C6)COC5)C4)nc3)cc21. The molecule has 0 unspecified atom stereocenters. The number of ether oxygens (including phenoxy) is 6. The molecule has 1 saturated carbocycles. The van der Waals surface area contributed by atoms with Gasteiger partial charge in [-0.1, -0.05) is 12.1 Å². The van der Waals surface area contributed by atoms with Crippen LogP contribution in [0, 0.1) is 5.41 Å². The molecule has 5 heterocycles. The molecule has 3 aliphatic rings. The van der Waals surface area contributed by atoms with Crippen LogP contribution in [0.25, 0.3) is 32.9 Å². The summed E-state index contributed by atoms with van der Waals surface area (Å²) in [5, 5.41) is 2.36. The predicted molar refractivity (Wildman–Crippen MR) is 181 cm³/mol. The van der Waals surface area contributed by atoms with E-state index in [1.807, 2.05) is 45.4 Å². The molecule has 0 bridgehead atoms. The molecular weight excluding hydrogens is 612 g/mol. The maximum absolute atomic E-state index is 12.0. The van der Waals surface area contributed by atoms with Gasteiger partial charge in [0.15, 0.2) is 0 Å². The van der Waals surface area contributed by atoms with E-state index in [0.29, 0.717) is 58.6 Å². The Labute approximate surface area is 281 Å². The molecule has 0 N–H and O–H groups in total. The van der Waals surface area contributed by atoms with E-state index >= 15 is 0 Å². The van der Waals surface area contributed by atoms with Gasteiger partial charge in [-0.2, -0.15) is 0 Å². The van der Waals surface area contributed by atoms with Crippen molar-refractivity contribution in [1.82, 2.24) is 19.4 Å². The highest BCUT2D eigenvalue weighted by molar-refractivity contribution is 6.08. The lowest BCUT2D eigenvalue weighted by atomic mass is 9.87. The van der Waals surface area contributed by atoms with Crippen molar-refractivity contribution in [1.29, 1.82) is 0 Å². The molecule has 1 aromatic carbocycles. The fraction of sp³-hybridized carbons (Fsp3) is 0.541. The van der Waals surface area contributed by atoms with Crippen LogP contribution in [-0.4, -0.2) is 102 Å². The van der Waals surface area contributed by atoms with Crippen molar-refractivity contribution in [2.24, 2.45) is 12.5 Å². The highest BCUT2D eigenvalue weighted by Gasteiger charge is 2.42. The average molecular weight is 659 g/mol. The summed E-state index contributed by atoms with van der Waals surface area (Å²) in [4.78, 5) is 22.6. The van der Waals surface area contributed by atoms with E-state index in [1.165, 1.54) is 16.4 Å². The molecule has 3 fully saturated rings. The van der Waals surface area contributed by atoms with Gasteiger partial charge in [0.05, 0.1) is 62.7 Å². The van der Waals surface area contributed by atoms with Crippen molar-refractivity contribution in [2.45, 2.75) is 63.9 Å². The fourth-order valence-corrected chi connectivity index (χ4v) is 6.39. The van der Waals surface area contributed by atoms with Gasteiger partial charge in [-0.05, 0) is 51.0 Å². The summed E-state index contributed by atoms with van der Waals surface area (Å²) in [5.41, 5.74) is 3.94. The third-order valence-electron chi connectivity index (χ3n) is 9.35. The Balaban J connectivity index is 0.783. The monoisotopic (exact) mass is 658 g/mol. The van der Waals surface area contributed by atoms with E-state index < -0.39 is 5.60 Å². The molecule has 1 aliphatic carbocycles. The third kappa shape index (κ3) is 7.29. The fourth-order valence-electron chi connectivity index (χ4n) is 6.39. The Bertz CT molecular complexity index is 1720. The lowest BCUT2D eigenvalue weighted by Gasteiger charge is -2.43. The predicted octanol–water partition coefficient (Wildman–Crippen LogP) is 5.77. The summed E-state index contributed by atoms with van der Waals surface area (Å²) in [6.45, 7) is 10.5. The van der Waals surface area contributed by atoms with Gasteiger partial charge in [0.2, 0.25) is 5.88 Å². The number of aryl methyl sites for hydroxylation is 1. The minimum Gasteiger partial charge on any atom is -0.474 e. The minimum atomic E-state index is -0.482. The van der Waals surface area contributed by atoms with Gasteiger partial charge in [0, 0.05) is 79.6 Å². The molecule has 0 atom stereocenters. The van der Waals surface area contributed by atoms with E-state index in [1.54, 1.807) is 4.90 Å². The summed E-state index contributed by atoms with van der Waals surface area (Å²) in [6, 6.07) is 12.6. The van der Waals surface area contributed by atoms with Crippen molar-refractivity contribution >= 4 is 27.9 Å². The maximum atomic E-state index is 12.0. The number of fused-ring (bicyclic) bond motifs is 3. The Morgan fingerprint density at radius 1 is 0.917 bits per heavy atom. The lowest BCUT2D eigenvalue weighted by Crippen LogP contribution is -2.56. The first-order valence-corrected chi connectivity index (χ1v) is 17.0. The van der Waals surface area contributed by atoms with Crippen LogP contribution in [0.1, 0.15) is 40.0 Å². The smallest absolute Gasteiger partial charge is 0.410 e. The van der Waals surface area contributed by atoms with Gasteiger partial charge in [0.25, 0.3) is 0 Å². The standard InChI is InChI=1S/C37H46N4O7/c1-36(2,3)48-35(42)41-19-29(20-41)45-13-5-12-43-21-37(22-44-23-37)24-46-27-15-28(16-27)47-34-9-7-26(17-39-34)25-6-8-30-31-18-38-11-10-32(31)40(4)33(30)14-25/h6-11,14,17-18,27-29H,5,12-13,15-16,19-24H2,1-4H3/t27-,28-. The average Bonchev–Trinajstić information content (AvgIpc) is 3.29. The van der Waals surface area contributed by atoms with Crippen LogP contribution in [0.5, 0.6) is 5.88 Å². The van der Waals surface area contributed by atoms with Crippen LogP contribution in [0.4, 0.5) is 4.79 Å². The van der Waals surface area contributed by atoms with Gasteiger partial charge in [-0.15, -0.1) is 0 Å². The molecule has 48 heavy (non-hydrogen) atoms. The van der Waals surface area contributed by atoms with Crippen molar-refractivity contribution in [3.05, 3.63) is 55.0 Å². The van der Waals surface area contributed by atoms with Crippen LogP contribution in [-0.2, 0) is 30.7 Å². The maximum Gasteiger partial charge on any atom is 0.410 e. The van der Waals surface area contributed by atoms with Gasteiger partial charge >= 0.3 is 6.09 Å². The summed E-state index contributed by atoms with van der Waals surface area (Å²) < 4.78 is 37.4. The molecule has 0 radical (unpaired) electrons. The zero-order valence-electron chi connectivity index (χ0n) is 28.4. The second-order valence-electron chi connectivity index (χ2n) is 14.5. The number of aromatic nitrogens is 3. The number of nitrogens with zero attached hydrogens (tertiary/aromatic N) is 4. The Kier molecular flexibility index (Phi) is 9.30. The third-order valence-corrected chi connectivity index (χ3v) is 9.35. The molecule has 7 rings (SSSR count). The number of amides is 1. The Morgan fingerprint density at radius 3 is 2.46 bits per heavy atom. The summed E-state index contributed by atoms with van der Waals surface area (Å²) in [7, 11) is 2.09. The molecule has 4 aromatic rings. The molecule has 0 spiro atoms. The van der Waals surface area contributed by atoms with Crippen LogP contribution >= 0.6 is 0 Å². The van der Waals surface area contributed by atoms with Gasteiger partial charge in [-0.3, -0.25) is 4.98 Å². The molecule has 2 aliphatic heterocycles. The largest absolute Gasteiger partial charge is 0.474 e. The normalized spacial score (nSPS) is 20.7. The minimum absolute atomic E-state index is 0.0674. The highest BCUT2D eigenvalue weighted by atomic mass is 16.6. The quantitative estimate of drug-likeness (QED) is 0.166. The number of carbonyl (C=O) groups is 1. The number of rotatable bonds is 13.